The van der Waals surface area contributed by atoms with Gasteiger partial charge in [0.2, 0.25) is 0 Å². The summed E-state index contributed by atoms with van der Waals surface area (Å²) in [6, 6.07) is 0.623. The van der Waals surface area contributed by atoms with Crippen LogP contribution in [-0.2, 0) is 4.74 Å². The molecule has 3 atom stereocenters. The van der Waals surface area contributed by atoms with Gasteiger partial charge in [-0.05, 0) is 32.1 Å². The van der Waals surface area contributed by atoms with Crippen molar-refractivity contribution in [2.24, 2.45) is 5.92 Å². The second-order valence-corrected chi connectivity index (χ2v) is 5.53. The fraction of sp³-hybridized carbons (Fsp3) is 0.615. The Labute approximate surface area is 111 Å². The van der Waals surface area contributed by atoms with Crippen molar-refractivity contribution < 1.29 is 9.53 Å². The minimum absolute atomic E-state index is 0.293. The Kier molecular flexibility index (Phi) is 2.22. The van der Waals surface area contributed by atoms with Gasteiger partial charge in [0.05, 0.1) is 5.56 Å². The van der Waals surface area contributed by atoms with Crippen molar-refractivity contribution >= 4 is 17.7 Å². The van der Waals surface area contributed by atoms with Gasteiger partial charge < -0.3 is 9.64 Å². The summed E-state index contributed by atoms with van der Waals surface area (Å²) in [5.74, 6) is 2.36. The monoisotopic (exact) mass is 260 g/mol. The molecule has 1 saturated heterocycles. The fourth-order valence-corrected chi connectivity index (χ4v) is 3.31. The summed E-state index contributed by atoms with van der Waals surface area (Å²) in [7, 11) is 0. The van der Waals surface area contributed by atoms with Crippen LogP contribution >= 0.6 is 0 Å². The number of nitrogens with zero attached hydrogens (tertiary/aromatic N) is 3. The first kappa shape index (κ1) is 11.0. The lowest BCUT2D eigenvalue weighted by atomic mass is 10.1. The topological polar surface area (TPSA) is 67.3 Å². The third kappa shape index (κ3) is 1.66. The Balaban J connectivity index is 1.76. The van der Waals surface area contributed by atoms with Crippen LogP contribution in [0.4, 0.5) is 16.4 Å². The minimum atomic E-state index is -0.437. The highest BCUT2D eigenvalue weighted by atomic mass is 16.6. The number of ether oxygens (including phenoxy) is 1. The van der Waals surface area contributed by atoms with Crippen molar-refractivity contribution in [2.75, 3.05) is 16.8 Å². The zero-order valence-electron chi connectivity index (χ0n) is 10.8. The zero-order valence-corrected chi connectivity index (χ0v) is 10.8. The molecule has 0 aromatic carbocycles. The highest BCUT2D eigenvalue weighted by Crippen LogP contribution is 2.47. The van der Waals surface area contributed by atoms with Gasteiger partial charge in [-0.3, -0.25) is 5.32 Å². The van der Waals surface area contributed by atoms with E-state index in [1.54, 1.807) is 0 Å². The summed E-state index contributed by atoms with van der Waals surface area (Å²) < 4.78 is 5.24. The van der Waals surface area contributed by atoms with Crippen molar-refractivity contribution in [2.45, 2.75) is 38.3 Å². The summed E-state index contributed by atoms with van der Waals surface area (Å²) in [5.41, 5.74) is 0.912. The summed E-state index contributed by atoms with van der Waals surface area (Å²) in [4.78, 5) is 22.4. The van der Waals surface area contributed by atoms with Crippen LogP contribution in [-0.4, -0.2) is 28.6 Å². The molecule has 100 valence electrons. The molecule has 1 aromatic rings. The second-order valence-electron chi connectivity index (χ2n) is 5.53. The van der Waals surface area contributed by atoms with Crippen LogP contribution in [0.2, 0.25) is 0 Å². The largest absolute Gasteiger partial charge is 0.441 e. The molecule has 3 heterocycles. The van der Waals surface area contributed by atoms with Crippen LogP contribution in [0.3, 0.4) is 0 Å². The summed E-state index contributed by atoms with van der Waals surface area (Å²) in [5, 5.41) is 2.66. The SMILES string of the molecule is C[C@@H]1OC(=O)Nc2ncnc(N3CCCC4CC43)c21. The number of carbonyl (C=O) groups is 1. The zero-order chi connectivity index (χ0) is 13.0. The molecule has 0 bridgehead atoms. The van der Waals surface area contributed by atoms with Gasteiger partial charge in [0.1, 0.15) is 24.1 Å². The molecule has 0 radical (unpaired) electrons. The highest BCUT2D eigenvalue weighted by molar-refractivity contribution is 5.88. The van der Waals surface area contributed by atoms with Crippen LogP contribution in [0.25, 0.3) is 0 Å². The smallest absolute Gasteiger partial charge is 0.413 e. The summed E-state index contributed by atoms with van der Waals surface area (Å²) in [6.07, 6.45) is 4.60. The van der Waals surface area contributed by atoms with Gasteiger partial charge in [-0.15, -0.1) is 0 Å². The number of amides is 1. The number of fused-ring (bicyclic) bond motifs is 2. The molecule has 3 aliphatic rings. The van der Waals surface area contributed by atoms with Gasteiger partial charge in [0.15, 0.2) is 0 Å². The molecule has 6 heteroatoms. The average Bonchev–Trinajstić information content (AvgIpc) is 3.16. The lowest BCUT2D eigenvalue weighted by Gasteiger charge is -2.32. The predicted octanol–water partition coefficient (Wildman–Crippen LogP) is 2.09. The van der Waals surface area contributed by atoms with Crippen LogP contribution < -0.4 is 10.2 Å². The van der Waals surface area contributed by atoms with Crippen LogP contribution in [0.1, 0.15) is 37.9 Å². The van der Waals surface area contributed by atoms with Crippen molar-refractivity contribution in [3.63, 3.8) is 0 Å². The van der Waals surface area contributed by atoms with E-state index in [0.29, 0.717) is 11.9 Å². The molecule has 0 spiro atoms. The van der Waals surface area contributed by atoms with E-state index < -0.39 is 6.09 Å². The average molecular weight is 260 g/mol. The van der Waals surface area contributed by atoms with E-state index in [1.165, 1.54) is 25.6 Å². The minimum Gasteiger partial charge on any atom is -0.441 e. The van der Waals surface area contributed by atoms with E-state index in [2.05, 4.69) is 20.2 Å². The number of nitrogens with one attached hydrogen (secondary N) is 1. The van der Waals surface area contributed by atoms with Gasteiger partial charge in [-0.25, -0.2) is 14.8 Å². The van der Waals surface area contributed by atoms with E-state index in [1.807, 2.05) is 6.92 Å². The van der Waals surface area contributed by atoms with Crippen molar-refractivity contribution in [3.8, 4) is 0 Å². The Bertz CT molecular complexity index is 547. The number of aromatic nitrogens is 2. The molecule has 1 amide bonds. The summed E-state index contributed by atoms with van der Waals surface area (Å²) in [6.45, 7) is 2.91. The summed E-state index contributed by atoms with van der Waals surface area (Å²) >= 11 is 0. The lowest BCUT2D eigenvalue weighted by molar-refractivity contribution is 0.116. The molecular formula is C13H16N4O2. The van der Waals surface area contributed by atoms with E-state index in [4.69, 9.17) is 4.74 Å². The van der Waals surface area contributed by atoms with Gasteiger partial charge in [-0.1, -0.05) is 0 Å². The maximum absolute atomic E-state index is 11.4. The Morgan fingerprint density at radius 2 is 2.37 bits per heavy atom. The van der Waals surface area contributed by atoms with E-state index in [0.717, 1.165) is 23.8 Å². The van der Waals surface area contributed by atoms with Crippen LogP contribution in [0.15, 0.2) is 6.33 Å². The number of cyclic esters (lactones) is 1. The third-order valence-corrected chi connectivity index (χ3v) is 4.31. The molecule has 1 saturated carbocycles. The van der Waals surface area contributed by atoms with E-state index >= 15 is 0 Å². The molecule has 2 fully saturated rings. The third-order valence-electron chi connectivity index (χ3n) is 4.31. The van der Waals surface area contributed by atoms with E-state index in [9.17, 15) is 4.79 Å². The first-order valence-electron chi connectivity index (χ1n) is 6.83. The van der Waals surface area contributed by atoms with Crippen molar-refractivity contribution in [3.05, 3.63) is 11.9 Å². The van der Waals surface area contributed by atoms with Gasteiger partial charge >= 0.3 is 6.09 Å². The molecular weight excluding hydrogens is 244 g/mol. The molecule has 2 unspecified atom stereocenters. The van der Waals surface area contributed by atoms with Gasteiger partial charge in [0, 0.05) is 12.6 Å². The number of rotatable bonds is 1. The first-order valence-corrected chi connectivity index (χ1v) is 6.83. The first-order chi connectivity index (χ1) is 9.24. The van der Waals surface area contributed by atoms with Crippen molar-refractivity contribution in [1.82, 2.24) is 9.97 Å². The van der Waals surface area contributed by atoms with Crippen LogP contribution in [0, 0.1) is 5.92 Å². The molecule has 19 heavy (non-hydrogen) atoms. The maximum atomic E-state index is 11.4. The van der Waals surface area contributed by atoms with Crippen molar-refractivity contribution in [1.29, 1.82) is 0 Å². The Morgan fingerprint density at radius 1 is 1.47 bits per heavy atom. The molecule has 6 nitrogen and oxygen atoms in total. The quantitative estimate of drug-likeness (QED) is 0.837. The number of anilines is 2. The normalized spacial score (nSPS) is 31.9. The fourth-order valence-electron chi connectivity index (χ4n) is 3.31. The standard InChI is InChI=1S/C13H16N4O2/c1-7-10-11(16-13(18)19-7)14-6-15-12(10)17-4-2-3-8-5-9(8)17/h6-9H,2-5H2,1H3,(H,14,15,16,18)/t7-,8?,9?/m0/s1. The number of piperidine rings is 1. The molecule has 4 rings (SSSR count). The van der Waals surface area contributed by atoms with Crippen LogP contribution in [0.5, 0.6) is 0 Å². The molecule has 1 aliphatic carbocycles. The van der Waals surface area contributed by atoms with Gasteiger partial charge in [0.25, 0.3) is 0 Å². The maximum Gasteiger partial charge on any atom is 0.413 e. The molecule has 1 N–H and O–H groups in total. The number of hydrogen-bond donors (Lipinski definition) is 1. The molecule has 1 aromatic heterocycles. The van der Waals surface area contributed by atoms with Gasteiger partial charge in [-0.2, -0.15) is 0 Å². The number of hydrogen-bond acceptors (Lipinski definition) is 5. The lowest BCUT2D eigenvalue weighted by Crippen LogP contribution is -2.35. The number of carbonyl (C=O) groups excluding carboxylic acids is 1. The Morgan fingerprint density at radius 3 is 3.26 bits per heavy atom. The van der Waals surface area contributed by atoms with E-state index in [-0.39, 0.29) is 6.10 Å². The predicted molar refractivity (Wildman–Crippen MR) is 69.0 cm³/mol. The second kappa shape index (κ2) is 3.82. The highest BCUT2D eigenvalue weighted by Gasteiger charge is 2.46. The molecule has 2 aliphatic heterocycles. The Hall–Kier alpha value is -1.85.